The predicted octanol–water partition coefficient (Wildman–Crippen LogP) is 3.93. The average Bonchev–Trinajstić information content (AvgIpc) is 2.71. The van der Waals surface area contributed by atoms with Crippen molar-refractivity contribution in [2.75, 3.05) is 18.1 Å². The Morgan fingerprint density at radius 2 is 1.59 bits per heavy atom. The van der Waals surface area contributed by atoms with E-state index in [4.69, 9.17) is 20.9 Å². The van der Waals surface area contributed by atoms with E-state index in [0.29, 0.717) is 17.5 Å². The lowest BCUT2D eigenvalue weighted by Gasteiger charge is -2.34. The summed E-state index contributed by atoms with van der Waals surface area (Å²) in [4.78, 5) is 37.6. The molecule has 0 atom stereocenters. The summed E-state index contributed by atoms with van der Waals surface area (Å²) in [7, 11) is 0. The summed E-state index contributed by atoms with van der Waals surface area (Å²) in [6.45, 7) is 11.2. The molecule has 0 saturated heterocycles. The van der Waals surface area contributed by atoms with Crippen LogP contribution in [-0.4, -0.2) is 29.7 Å². The van der Waals surface area contributed by atoms with Crippen molar-refractivity contribution in [1.29, 1.82) is 0 Å². The van der Waals surface area contributed by atoms with E-state index in [2.05, 4.69) is 6.58 Å². The zero-order chi connectivity index (χ0) is 23.8. The largest absolute Gasteiger partial charge is 0.491 e. The summed E-state index contributed by atoms with van der Waals surface area (Å²) in [6.07, 6.45) is 1.61. The number of rotatable bonds is 7. The predicted molar refractivity (Wildman–Crippen MR) is 123 cm³/mol. The maximum Gasteiger partial charge on any atom is 0.330 e. The number of hydrogen-bond acceptors (Lipinski definition) is 7. The summed E-state index contributed by atoms with van der Waals surface area (Å²) in [5.74, 6) is -0.962. The number of esters is 1. The van der Waals surface area contributed by atoms with Gasteiger partial charge in [0.05, 0.1) is 23.4 Å². The molecule has 0 aromatic heterocycles. The van der Waals surface area contributed by atoms with Crippen LogP contribution in [0.15, 0.2) is 43.0 Å². The number of carbonyl (C=O) groups excluding carboxylic acids is 3. The molecule has 0 saturated carbocycles. The minimum absolute atomic E-state index is 0.0711. The van der Waals surface area contributed by atoms with Gasteiger partial charge in [0, 0.05) is 34.4 Å². The Labute approximate surface area is 187 Å². The fourth-order valence-electron chi connectivity index (χ4n) is 4.27. The van der Waals surface area contributed by atoms with Crippen LogP contribution in [0.1, 0.15) is 66.0 Å². The molecule has 0 radical (unpaired) electrons. The molecule has 0 bridgehead atoms. The van der Waals surface area contributed by atoms with E-state index in [-0.39, 0.29) is 46.4 Å². The molecule has 32 heavy (non-hydrogen) atoms. The zero-order valence-electron chi connectivity index (χ0n) is 18.8. The SMILES string of the molecule is C=CC(=O)OC(C)(C)CC(C)(C)COc1cc(N)c2c(c1N)C(=O)c1ccccc1C2=O. The standard InChI is InChI=1S/C25H28N2O5/c1-6-18(28)32-25(4,5)12-24(2,3)13-31-17-11-16(26)19-20(21(17)27)23(30)15-10-8-7-9-14(15)22(19)29/h6-11H,1,12-13,26-27H2,2-5H3. The van der Waals surface area contributed by atoms with Crippen molar-refractivity contribution in [2.45, 2.75) is 39.7 Å². The van der Waals surface area contributed by atoms with Crippen LogP contribution in [-0.2, 0) is 9.53 Å². The van der Waals surface area contributed by atoms with Gasteiger partial charge in [-0.2, -0.15) is 0 Å². The van der Waals surface area contributed by atoms with E-state index in [1.54, 1.807) is 24.3 Å². The van der Waals surface area contributed by atoms with Crippen LogP contribution in [0.3, 0.4) is 0 Å². The van der Waals surface area contributed by atoms with E-state index < -0.39 is 17.0 Å². The van der Waals surface area contributed by atoms with Crippen molar-refractivity contribution < 1.29 is 23.9 Å². The number of hydrogen-bond donors (Lipinski definition) is 2. The van der Waals surface area contributed by atoms with Crippen LogP contribution in [0.4, 0.5) is 11.4 Å². The van der Waals surface area contributed by atoms with Gasteiger partial charge in [-0.05, 0) is 20.3 Å². The van der Waals surface area contributed by atoms with E-state index in [1.807, 2.05) is 27.7 Å². The van der Waals surface area contributed by atoms with E-state index in [1.165, 1.54) is 6.07 Å². The molecule has 0 amide bonds. The van der Waals surface area contributed by atoms with Gasteiger partial charge in [-0.3, -0.25) is 9.59 Å². The molecular formula is C25H28N2O5. The number of nitrogens with two attached hydrogens (primary N) is 2. The number of nitrogen functional groups attached to an aromatic ring is 2. The lowest BCUT2D eigenvalue weighted by atomic mass is 9.81. The van der Waals surface area contributed by atoms with Crippen LogP contribution in [0.5, 0.6) is 5.75 Å². The van der Waals surface area contributed by atoms with Gasteiger partial charge < -0.3 is 20.9 Å². The average molecular weight is 437 g/mol. The van der Waals surface area contributed by atoms with E-state index in [0.717, 1.165) is 6.08 Å². The lowest BCUT2D eigenvalue weighted by molar-refractivity contribution is -0.153. The Balaban J connectivity index is 1.87. The monoisotopic (exact) mass is 436 g/mol. The summed E-state index contributed by atoms with van der Waals surface area (Å²) in [6, 6.07) is 8.06. The Bertz CT molecular complexity index is 1130. The molecule has 0 fully saturated rings. The number of ketones is 2. The fourth-order valence-corrected chi connectivity index (χ4v) is 4.27. The van der Waals surface area contributed by atoms with Crippen molar-refractivity contribution in [1.82, 2.24) is 0 Å². The third-order valence-electron chi connectivity index (χ3n) is 5.30. The van der Waals surface area contributed by atoms with Crippen molar-refractivity contribution in [3.05, 3.63) is 65.2 Å². The van der Waals surface area contributed by atoms with Crippen molar-refractivity contribution in [2.24, 2.45) is 5.41 Å². The lowest BCUT2D eigenvalue weighted by Crippen LogP contribution is -2.36. The first-order chi connectivity index (χ1) is 14.9. The van der Waals surface area contributed by atoms with E-state index >= 15 is 0 Å². The molecule has 168 valence electrons. The highest BCUT2D eigenvalue weighted by Gasteiger charge is 2.36. The minimum Gasteiger partial charge on any atom is -0.491 e. The summed E-state index contributed by atoms with van der Waals surface area (Å²) in [5, 5.41) is 0. The molecule has 0 unspecified atom stereocenters. The zero-order valence-corrected chi connectivity index (χ0v) is 18.8. The van der Waals surface area contributed by atoms with Crippen LogP contribution in [0.2, 0.25) is 0 Å². The highest BCUT2D eigenvalue weighted by atomic mass is 16.6. The Hall–Kier alpha value is -3.61. The minimum atomic E-state index is -0.745. The number of ether oxygens (including phenoxy) is 2. The topological polar surface area (TPSA) is 122 Å². The highest BCUT2D eigenvalue weighted by molar-refractivity contribution is 6.32. The highest BCUT2D eigenvalue weighted by Crippen LogP contribution is 2.40. The molecule has 3 rings (SSSR count). The number of anilines is 2. The van der Waals surface area contributed by atoms with Crippen molar-refractivity contribution in [3.8, 4) is 5.75 Å². The Morgan fingerprint density at radius 1 is 1.03 bits per heavy atom. The van der Waals surface area contributed by atoms with Crippen LogP contribution in [0.25, 0.3) is 0 Å². The maximum atomic E-state index is 13.1. The Kier molecular flexibility index (Phi) is 5.87. The Morgan fingerprint density at radius 3 is 2.16 bits per heavy atom. The van der Waals surface area contributed by atoms with Crippen LogP contribution >= 0.6 is 0 Å². The number of carbonyl (C=O) groups is 3. The molecule has 0 spiro atoms. The molecule has 7 heteroatoms. The van der Waals surface area contributed by atoms with Gasteiger partial charge in [0.15, 0.2) is 11.6 Å². The normalized spacial score (nSPS) is 13.2. The second-order valence-corrected chi connectivity index (χ2v) is 9.35. The summed E-state index contributed by atoms with van der Waals surface area (Å²) >= 11 is 0. The molecule has 0 heterocycles. The molecule has 2 aromatic carbocycles. The molecule has 1 aliphatic rings. The smallest absolute Gasteiger partial charge is 0.330 e. The number of fused-ring (bicyclic) bond motifs is 2. The molecule has 7 nitrogen and oxygen atoms in total. The summed E-state index contributed by atoms with van der Waals surface area (Å²) < 4.78 is 11.4. The van der Waals surface area contributed by atoms with Crippen molar-refractivity contribution in [3.63, 3.8) is 0 Å². The van der Waals surface area contributed by atoms with Gasteiger partial charge in [0.25, 0.3) is 0 Å². The third-order valence-corrected chi connectivity index (χ3v) is 5.30. The second-order valence-electron chi connectivity index (χ2n) is 9.35. The van der Waals surface area contributed by atoms with Gasteiger partial charge in [0.2, 0.25) is 0 Å². The van der Waals surface area contributed by atoms with Gasteiger partial charge in [-0.25, -0.2) is 4.79 Å². The first-order valence-corrected chi connectivity index (χ1v) is 10.3. The van der Waals surface area contributed by atoms with Crippen molar-refractivity contribution >= 4 is 28.9 Å². The van der Waals surface area contributed by atoms with Crippen LogP contribution < -0.4 is 16.2 Å². The molecule has 1 aliphatic carbocycles. The van der Waals surface area contributed by atoms with Gasteiger partial charge in [0.1, 0.15) is 11.4 Å². The molecular weight excluding hydrogens is 408 g/mol. The van der Waals surface area contributed by atoms with Crippen LogP contribution in [0, 0.1) is 5.41 Å². The van der Waals surface area contributed by atoms with Gasteiger partial charge in [-0.1, -0.05) is 44.7 Å². The first kappa shape index (κ1) is 23.1. The van der Waals surface area contributed by atoms with Gasteiger partial charge in [-0.15, -0.1) is 0 Å². The fraction of sp³-hybridized carbons (Fsp3) is 0.320. The molecule has 0 aliphatic heterocycles. The summed E-state index contributed by atoms with van der Waals surface area (Å²) in [5.41, 5.74) is 12.3. The maximum absolute atomic E-state index is 13.1. The number of benzene rings is 2. The molecule has 2 aromatic rings. The van der Waals surface area contributed by atoms with E-state index in [9.17, 15) is 14.4 Å². The first-order valence-electron chi connectivity index (χ1n) is 10.3. The molecule has 4 N–H and O–H groups in total. The van der Waals surface area contributed by atoms with Gasteiger partial charge >= 0.3 is 5.97 Å². The second kappa shape index (κ2) is 8.15. The quantitative estimate of drug-likeness (QED) is 0.327. The third kappa shape index (κ3) is 4.37.